The van der Waals surface area contributed by atoms with Crippen molar-refractivity contribution in [3.8, 4) is 11.5 Å². The highest BCUT2D eigenvalue weighted by Gasteiger charge is 2.27. The van der Waals surface area contributed by atoms with Gasteiger partial charge in [0.15, 0.2) is 0 Å². The van der Waals surface area contributed by atoms with E-state index in [1.807, 2.05) is 18.2 Å². The number of ether oxygens (including phenoxy) is 2. The van der Waals surface area contributed by atoms with Gasteiger partial charge in [-0.15, -0.1) is 0 Å². The van der Waals surface area contributed by atoms with Crippen LogP contribution in [0.4, 0.5) is 0 Å². The van der Waals surface area contributed by atoms with Crippen LogP contribution in [0.5, 0.6) is 11.5 Å². The Morgan fingerprint density at radius 3 is 2.62 bits per heavy atom. The number of benzene rings is 2. The van der Waals surface area contributed by atoms with E-state index in [1.165, 1.54) is 16.7 Å². The number of aryl methyl sites for hydroxylation is 2. The van der Waals surface area contributed by atoms with E-state index in [4.69, 9.17) is 15.2 Å². The van der Waals surface area contributed by atoms with Crippen molar-refractivity contribution in [3.63, 3.8) is 0 Å². The molecule has 2 aromatic carbocycles. The van der Waals surface area contributed by atoms with Crippen LogP contribution in [0, 0.1) is 13.8 Å². The SMILES string of the molecule is COc1ccc2c(c1)OC(c1ccc(C)c(C)c1)CC2N. The number of methoxy groups -OCH3 is 1. The molecule has 0 saturated carbocycles. The molecule has 3 rings (SSSR count). The van der Waals surface area contributed by atoms with Crippen LogP contribution in [0.15, 0.2) is 36.4 Å². The molecular formula is C18H21NO2. The van der Waals surface area contributed by atoms with Crippen LogP contribution in [-0.4, -0.2) is 7.11 Å². The maximum atomic E-state index is 6.31. The summed E-state index contributed by atoms with van der Waals surface area (Å²) < 4.78 is 11.4. The summed E-state index contributed by atoms with van der Waals surface area (Å²) in [7, 11) is 1.66. The minimum atomic E-state index is -0.00809. The second-order valence-corrected chi connectivity index (χ2v) is 5.70. The third-order valence-corrected chi connectivity index (χ3v) is 4.26. The number of rotatable bonds is 2. The van der Waals surface area contributed by atoms with Crippen molar-refractivity contribution in [1.82, 2.24) is 0 Å². The first-order chi connectivity index (χ1) is 10.1. The van der Waals surface area contributed by atoms with Gasteiger partial charge in [0.05, 0.1) is 7.11 Å². The van der Waals surface area contributed by atoms with Crippen molar-refractivity contribution in [3.05, 3.63) is 58.7 Å². The quantitative estimate of drug-likeness (QED) is 0.911. The average Bonchev–Trinajstić information content (AvgIpc) is 2.49. The van der Waals surface area contributed by atoms with Gasteiger partial charge in [0, 0.05) is 24.1 Å². The first kappa shape index (κ1) is 14.0. The largest absolute Gasteiger partial charge is 0.497 e. The molecule has 2 unspecified atom stereocenters. The van der Waals surface area contributed by atoms with Gasteiger partial charge in [0.25, 0.3) is 0 Å². The minimum absolute atomic E-state index is 0.00101. The van der Waals surface area contributed by atoms with Gasteiger partial charge in [-0.25, -0.2) is 0 Å². The molecule has 1 heterocycles. The van der Waals surface area contributed by atoms with E-state index in [0.29, 0.717) is 0 Å². The molecule has 1 aliphatic rings. The Morgan fingerprint density at radius 2 is 1.90 bits per heavy atom. The monoisotopic (exact) mass is 283 g/mol. The summed E-state index contributed by atoms with van der Waals surface area (Å²) in [5.74, 6) is 1.62. The van der Waals surface area contributed by atoms with Crippen LogP contribution in [0.25, 0.3) is 0 Å². The Balaban J connectivity index is 1.94. The van der Waals surface area contributed by atoms with Crippen LogP contribution < -0.4 is 15.2 Å². The highest BCUT2D eigenvalue weighted by atomic mass is 16.5. The van der Waals surface area contributed by atoms with Gasteiger partial charge in [-0.2, -0.15) is 0 Å². The van der Waals surface area contributed by atoms with Crippen LogP contribution >= 0.6 is 0 Å². The van der Waals surface area contributed by atoms with Crippen molar-refractivity contribution in [2.45, 2.75) is 32.4 Å². The molecule has 0 bridgehead atoms. The molecule has 0 fully saturated rings. The lowest BCUT2D eigenvalue weighted by molar-refractivity contribution is 0.161. The van der Waals surface area contributed by atoms with Gasteiger partial charge in [0.2, 0.25) is 0 Å². The molecular weight excluding hydrogens is 262 g/mol. The summed E-state index contributed by atoms with van der Waals surface area (Å²) in [4.78, 5) is 0. The van der Waals surface area contributed by atoms with E-state index in [9.17, 15) is 0 Å². The highest BCUT2D eigenvalue weighted by molar-refractivity contribution is 5.45. The predicted molar refractivity (Wildman–Crippen MR) is 83.8 cm³/mol. The molecule has 0 radical (unpaired) electrons. The van der Waals surface area contributed by atoms with Crippen LogP contribution in [0.1, 0.15) is 40.8 Å². The van der Waals surface area contributed by atoms with Gasteiger partial charge in [0.1, 0.15) is 17.6 Å². The first-order valence-corrected chi connectivity index (χ1v) is 7.26. The lowest BCUT2D eigenvalue weighted by Crippen LogP contribution is -2.24. The molecule has 1 aliphatic heterocycles. The van der Waals surface area contributed by atoms with Crippen LogP contribution in [0.2, 0.25) is 0 Å². The molecule has 0 spiro atoms. The molecule has 3 nitrogen and oxygen atoms in total. The first-order valence-electron chi connectivity index (χ1n) is 7.26. The van der Waals surface area contributed by atoms with Crippen molar-refractivity contribution >= 4 is 0 Å². The summed E-state index contributed by atoms with van der Waals surface area (Å²) in [5, 5.41) is 0. The zero-order valence-electron chi connectivity index (χ0n) is 12.7. The molecule has 2 aromatic rings. The lowest BCUT2D eigenvalue weighted by Gasteiger charge is -2.31. The highest BCUT2D eigenvalue weighted by Crippen LogP contribution is 2.41. The zero-order valence-corrected chi connectivity index (χ0v) is 12.7. The summed E-state index contributed by atoms with van der Waals surface area (Å²) in [6.07, 6.45) is 0.792. The summed E-state index contributed by atoms with van der Waals surface area (Å²) >= 11 is 0. The van der Waals surface area contributed by atoms with Crippen LogP contribution in [-0.2, 0) is 0 Å². The number of nitrogens with two attached hydrogens (primary N) is 1. The molecule has 0 aromatic heterocycles. The van der Waals surface area contributed by atoms with Gasteiger partial charge in [-0.3, -0.25) is 0 Å². The lowest BCUT2D eigenvalue weighted by atomic mass is 9.92. The smallest absolute Gasteiger partial charge is 0.128 e. The van der Waals surface area contributed by atoms with Crippen molar-refractivity contribution in [2.75, 3.05) is 7.11 Å². The second kappa shape index (κ2) is 5.41. The zero-order chi connectivity index (χ0) is 15.0. The van der Waals surface area contributed by atoms with Gasteiger partial charge in [-0.05, 0) is 36.6 Å². The summed E-state index contributed by atoms with van der Waals surface area (Å²) in [6, 6.07) is 12.3. The summed E-state index contributed by atoms with van der Waals surface area (Å²) in [6.45, 7) is 4.24. The van der Waals surface area contributed by atoms with Crippen molar-refractivity contribution in [1.29, 1.82) is 0 Å². The molecule has 2 atom stereocenters. The van der Waals surface area contributed by atoms with Gasteiger partial charge in [-0.1, -0.05) is 24.3 Å². The van der Waals surface area contributed by atoms with E-state index >= 15 is 0 Å². The fourth-order valence-electron chi connectivity index (χ4n) is 2.78. The third-order valence-electron chi connectivity index (χ3n) is 4.26. The predicted octanol–water partition coefficient (Wildman–Crippen LogP) is 3.84. The van der Waals surface area contributed by atoms with Crippen molar-refractivity contribution < 1.29 is 9.47 Å². The number of fused-ring (bicyclic) bond motifs is 1. The molecule has 0 amide bonds. The molecule has 3 heteroatoms. The van der Waals surface area contributed by atoms with E-state index < -0.39 is 0 Å². The van der Waals surface area contributed by atoms with Gasteiger partial charge >= 0.3 is 0 Å². The normalized spacial score (nSPS) is 20.6. The molecule has 2 N–H and O–H groups in total. The average molecular weight is 283 g/mol. The molecule has 0 saturated heterocycles. The summed E-state index contributed by atoms with van der Waals surface area (Å²) in [5.41, 5.74) is 11.1. The number of hydrogen-bond donors (Lipinski definition) is 1. The van der Waals surface area contributed by atoms with Crippen LogP contribution in [0.3, 0.4) is 0 Å². The standard InChI is InChI=1S/C18H21NO2/c1-11-4-5-13(8-12(11)2)17-10-16(19)15-7-6-14(20-3)9-18(15)21-17/h4-9,16-17H,10,19H2,1-3H3. The Bertz CT molecular complexity index is 666. The topological polar surface area (TPSA) is 44.5 Å². The third kappa shape index (κ3) is 2.61. The van der Waals surface area contributed by atoms with E-state index in [2.05, 4.69) is 32.0 Å². The molecule has 21 heavy (non-hydrogen) atoms. The Labute approximate surface area is 125 Å². The second-order valence-electron chi connectivity index (χ2n) is 5.70. The maximum Gasteiger partial charge on any atom is 0.128 e. The fourth-order valence-corrected chi connectivity index (χ4v) is 2.78. The number of hydrogen-bond acceptors (Lipinski definition) is 3. The fraction of sp³-hybridized carbons (Fsp3) is 0.333. The molecule has 0 aliphatic carbocycles. The van der Waals surface area contributed by atoms with E-state index in [1.54, 1.807) is 7.11 Å². The Hall–Kier alpha value is -2.00. The maximum absolute atomic E-state index is 6.31. The van der Waals surface area contributed by atoms with E-state index in [-0.39, 0.29) is 12.1 Å². The van der Waals surface area contributed by atoms with Crippen molar-refractivity contribution in [2.24, 2.45) is 5.73 Å². The Morgan fingerprint density at radius 1 is 1.10 bits per heavy atom. The van der Waals surface area contributed by atoms with Gasteiger partial charge < -0.3 is 15.2 Å². The van der Waals surface area contributed by atoms with E-state index in [0.717, 1.165) is 23.5 Å². The molecule has 110 valence electrons. The minimum Gasteiger partial charge on any atom is -0.497 e. The Kier molecular flexibility index (Phi) is 3.60.